The van der Waals surface area contributed by atoms with Gasteiger partial charge < -0.3 is 4.90 Å². The zero-order valence-electron chi connectivity index (χ0n) is 38.6. The van der Waals surface area contributed by atoms with Crippen LogP contribution in [-0.2, 0) is 5.41 Å². The van der Waals surface area contributed by atoms with Crippen LogP contribution in [0.5, 0.6) is 0 Å². The van der Waals surface area contributed by atoms with Gasteiger partial charge in [-0.25, -0.2) is 0 Å². The number of hydrogen-bond acceptors (Lipinski definition) is 1. The van der Waals surface area contributed by atoms with E-state index in [9.17, 15) is 0 Å². The average molecular weight is 890 g/mol. The van der Waals surface area contributed by atoms with Gasteiger partial charge in [-0.3, -0.25) is 0 Å². The van der Waals surface area contributed by atoms with Gasteiger partial charge in [-0.1, -0.05) is 249 Å². The van der Waals surface area contributed by atoms with E-state index >= 15 is 0 Å². The highest BCUT2D eigenvalue weighted by atomic mass is 15.1. The molecular formula is C69H47N. The largest absolute Gasteiger partial charge is 0.310 e. The summed E-state index contributed by atoms with van der Waals surface area (Å²) in [6.07, 6.45) is 0. The molecule has 1 aliphatic carbocycles. The van der Waals surface area contributed by atoms with Gasteiger partial charge in [0.25, 0.3) is 0 Å². The fraction of sp³-hybridized carbons (Fsp3) is 0.0145. The molecule has 0 radical (unpaired) electrons. The van der Waals surface area contributed by atoms with Gasteiger partial charge >= 0.3 is 0 Å². The van der Waals surface area contributed by atoms with E-state index in [1.807, 2.05) is 0 Å². The van der Waals surface area contributed by atoms with Gasteiger partial charge in [-0.15, -0.1) is 0 Å². The lowest BCUT2D eigenvalue weighted by molar-refractivity contribution is 0.768. The highest BCUT2D eigenvalue weighted by Crippen LogP contribution is 2.58. The van der Waals surface area contributed by atoms with E-state index in [-0.39, 0.29) is 0 Å². The third kappa shape index (κ3) is 6.70. The quantitative estimate of drug-likeness (QED) is 0.131. The van der Waals surface area contributed by atoms with E-state index in [0.717, 1.165) is 22.6 Å². The molecule has 0 fully saturated rings. The topological polar surface area (TPSA) is 3.24 Å². The van der Waals surface area contributed by atoms with Gasteiger partial charge in [0, 0.05) is 16.9 Å². The van der Waals surface area contributed by atoms with Crippen molar-refractivity contribution in [1.29, 1.82) is 0 Å². The molecule has 0 aliphatic heterocycles. The Bertz CT molecular complexity index is 3820. The Hall–Kier alpha value is -9.04. The number of benzene rings is 12. The predicted octanol–water partition coefficient (Wildman–Crippen LogP) is 18.5. The predicted molar refractivity (Wildman–Crippen MR) is 295 cm³/mol. The van der Waals surface area contributed by atoms with Crippen molar-refractivity contribution in [2.75, 3.05) is 4.90 Å². The molecule has 0 amide bonds. The molecule has 12 aromatic carbocycles. The van der Waals surface area contributed by atoms with Crippen LogP contribution in [0.2, 0.25) is 0 Å². The Kier molecular flexibility index (Phi) is 10.1. The minimum absolute atomic E-state index is 0.564. The minimum Gasteiger partial charge on any atom is -0.310 e. The van der Waals surface area contributed by atoms with E-state index in [4.69, 9.17) is 0 Å². The number of rotatable bonds is 9. The highest BCUT2D eigenvalue weighted by molar-refractivity contribution is 6.14. The average Bonchev–Trinajstić information content (AvgIpc) is 3.74. The molecule has 328 valence electrons. The van der Waals surface area contributed by atoms with Crippen LogP contribution in [0, 0.1) is 0 Å². The van der Waals surface area contributed by atoms with Crippen molar-refractivity contribution in [2.45, 2.75) is 5.41 Å². The van der Waals surface area contributed by atoms with Crippen LogP contribution >= 0.6 is 0 Å². The van der Waals surface area contributed by atoms with Crippen molar-refractivity contribution in [3.63, 3.8) is 0 Å². The van der Waals surface area contributed by atoms with Crippen molar-refractivity contribution in [1.82, 2.24) is 0 Å². The van der Waals surface area contributed by atoms with E-state index in [0.29, 0.717) is 0 Å². The maximum atomic E-state index is 2.51. The molecule has 0 bridgehead atoms. The first-order valence-electron chi connectivity index (χ1n) is 24.3. The molecule has 0 saturated carbocycles. The number of fused-ring (bicyclic) bond motifs is 6. The van der Waals surface area contributed by atoms with Crippen molar-refractivity contribution in [3.05, 3.63) is 307 Å². The molecule has 0 saturated heterocycles. The molecule has 0 atom stereocenters. The first-order chi connectivity index (χ1) is 34.8. The monoisotopic (exact) mass is 889 g/mol. The zero-order chi connectivity index (χ0) is 46.4. The fourth-order valence-corrected chi connectivity index (χ4v) is 11.5. The molecule has 1 nitrogen and oxygen atoms in total. The van der Waals surface area contributed by atoms with Crippen LogP contribution < -0.4 is 4.90 Å². The van der Waals surface area contributed by atoms with Gasteiger partial charge in [0.2, 0.25) is 0 Å². The van der Waals surface area contributed by atoms with Gasteiger partial charge in [0.1, 0.15) is 0 Å². The van der Waals surface area contributed by atoms with E-state index in [2.05, 4.69) is 290 Å². The summed E-state index contributed by atoms with van der Waals surface area (Å²) in [6.45, 7) is 0. The number of hydrogen-bond donors (Lipinski definition) is 0. The van der Waals surface area contributed by atoms with Crippen LogP contribution in [0.4, 0.5) is 17.1 Å². The van der Waals surface area contributed by atoms with Crippen LogP contribution in [0.25, 0.3) is 77.2 Å². The normalized spacial score (nSPS) is 12.4. The van der Waals surface area contributed by atoms with Crippen LogP contribution in [0.1, 0.15) is 22.3 Å². The van der Waals surface area contributed by atoms with Crippen molar-refractivity contribution >= 4 is 38.6 Å². The van der Waals surface area contributed by atoms with Gasteiger partial charge in [-0.2, -0.15) is 0 Å². The van der Waals surface area contributed by atoms with Crippen LogP contribution in [0.15, 0.2) is 285 Å². The Morgan fingerprint density at radius 3 is 1.43 bits per heavy atom. The summed E-state index contributed by atoms with van der Waals surface area (Å²) in [5.74, 6) is 0. The van der Waals surface area contributed by atoms with Crippen molar-refractivity contribution < 1.29 is 0 Å². The summed E-state index contributed by atoms with van der Waals surface area (Å²) in [5.41, 5.74) is 19.7. The van der Waals surface area contributed by atoms with Gasteiger partial charge in [0.05, 0.1) is 11.1 Å². The van der Waals surface area contributed by atoms with Gasteiger partial charge in [-0.05, 0) is 130 Å². The molecule has 1 aliphatic rings. The Morgan fingerprint density at radius 2 is 0.743 bits per heavy atom. The van der Waals surface area contributed by atoms with Crippen LogP contribution in [-0.4, -0.2) is 0 Å². The Balaban J connectivity index is 1.10. The summed E-state index contributed by atoms with van der Waals surface area (Å²) in [6, 6.07) is 105. The highest BCUT2D eigenvalue weighted by Gasteiger charge is 2.46. The van der Waals surface area contributed by atoms with Crippen molar-refractivity contribution in [2.24, 2.45) is 0 Å². The summed E-state index contributed by atoms with van der Waals surface area (Å²) in [4.78, 5) is 2.51. The van der Waals surface area contributed by atoms with E-state index in [1.54, 1.807) is 0 Å². The molecule has 0 N–H and O–H groups in total. The Morgan fingerprint density at radius 1 is 0.257 bits per heavy atom. The molecule has 0 heterocycles. The second-order valence-corrected chi connectivity index (χ2v) is 18.3. The lowest BCUT2D eigenvalue weighted by Crippen LogP contribution is -2.28. The summed E-state index contributed by atoms with van der Waals surface area (Å²) < 4.78 is 0. The molecule has 13 rings (SSSR count). The maximum Gasteiger partial charge on any atom is 0.0714 e. The number of anilines is 3. The molecule has 12 aromatic rings. The standard InChI is InChI=1S/C69H47N/c1-5-22-48(23-6-1)56-31-15-18-36-63(56)68-58(49-24-7-2-8-25-49)37-21-39-67(68)70(54-42-40-50(41-43-54)64-46-51-26-13-14-32-57(51)59-33-16-17-34-60(59)64)55-44-45-62-61-35-19-20-38-65(61)69(66(62)47-55,52-27-9-3-10-28-52)53-29-11-4-12-30-53/h1-47H. The summed E-state index contributed by atoms with van der Waals surface area (Å²) in [5, 5.41) is 5.02. The Labute approximate surface area is 409 Å². The van der Waals surface area contributed by atoms with E-state index < -0.39 is 5.41 Å². The molecular weight excluding hydrogens is 843 g/mol. The molecule has 0 spiro atoms. The first kappa shape index (κ1) is 41.2. The smallest absolute Gasteiger partial charge is 0.0714 e. The minimum atomic E-state index is -0.564. The zero-order valence-corrected chi connectivity index (χ0v) is 38.6. The van der Waals surface area contributed by atoms with Crippen LogP contribution in [0.3, 0.4) is 0 Å². The number of nitrogens with zero attached hydrogens (tertiary/aromatic N) is 1. The first-order valence-corrected chi connectivity index (χ1v) is 24.3. The van der Waals surface area contributed by atoms with Crippen molar-refractivity contribution in [3.8, 4) is 55.6 Å². The second-order valence-electron chi connectivity index (χ2n) is 18.3. The molecule has 0 aromatic heterocycles. The fourth-order valence-electron chi connectivity index (χ4n) is 11.5. The molecule has 70 heavy (non-hydrogen) atoms. The lowest BCUT2D eigenvalue weighted by Gasteiger charge is -2.35. The third-order valence-electron chi connectivity index (χ3n) is 14.6. The third-order valence-corrected chi connectivity index (χ3v) is 14.6. The van der Waals surface area contributed by atoms with E-state index in [1.165, 1.54) is 93.9 Å². The molecule has 1 heteroatoms. The maximum absolute atomic E-state index is 2.51. The molecule has 0 unspecified atom stereocenters. The second kappa shape index (κ2) is 17.2. The van der Waals surface area contributed by atoms with Gasteiger partial charge in [0.15, 0.2) is 0 Å². The lowest BCUT2D eigenvalue weighted by atomic mass is 9.67. The summed E-state index contributed by atoms with van der Waals surface area (Å²) >= 11 is 0. The SMILES string of the molecule is c1ccc(-c2ccccc2-c2c(-c3ccccc3)cccc2N(c2ccc(-c3cc4ccccc4c4ccccc34)cc2)c2ccc3c(c2)C(c2ccccc2)(c2ccccc2)c2ccccc2-3)cc1. The summed E-state index contributed by atoms with van der Waals surface area (Å²) in [7, 11) is 0.